The average molecular weight is 457 g/mol. The van der Waals surface area contributed by atoms with E-state index in [2.05, 4.69) is 9.71 Å². The van der Waals surface area contributed by atoms with E-state index in [1.54, 1.807) is 59.8 Å². The van der Waals surface area contributed by atoms with Crippen molar-refractivity contribution in [3.8, 4) is 0 Å². The highest BCUT2D eigenvalue weighted by molar-refractivity contribution is 7.92. The van der Waals surface area contributed by atoms with E-state index in [1.807, 2.05) is 11.6 Å². The second-order valence-corrected chi connectivity index (χ2v) is 9.18. The molecule has 4 rings (SSSR count). The number of morpholine rings is 1. The van der Waals surface area contributed by atoms with Crippen molar-refractivity contribution >= 4 is 21.6 Å². The lowest BCUT2D eigenvalue weighted by Crippen LogP contribution is -2.52. The Morgan fingerprint density at radius 1 is 1.16 bits per heavy atom. The molecule has 1 amide bonds. The van der Waals surface area contributed by atoms with Crippen LogP contribution in [-0.2, 0) is 33.1 Å². The second-order valence-electron chi connectivity index (χ2n) is 7.50. The third-order valence-electron chi connectivity index (χ3n) is 5.42. The smallest absolute Gasteiger partial charge is 0.261 e. The minimum atomic E-state index is -3.70. The first-order valence-electron chi connectivity index (χ1n) is 10.0. The number of rotatable bonds is 7. The van der Waals surface area contributed by atoms with Gasteiger partial charge in [0, 0.05) is 25.1 Å². The molecule has 1 aliphatic rings. The highest BCUT2D eigenvalue weighted by Gasteiger charge is 2.37. The van der Waals surface area contributed by atoms with Crippen LogP contribution in [0.2, 0.25) is 0 Å². The van der Waals surface area contributed by atoms with Crippen LogP contribution in [0.1, 0.15) is 17.5 Å². The van der Waals surface area contributed by atoms with E-state index in [-0.39, 0.29) is 30.6 Å². The summed E-state index contributed by atoms with van der Waals surface area (Å²) >= 11 is 0. The first-order valence-corrected chi connectivity index (χ1v) is 11.5. The van der Waals surface area contributed by atoms with Crippen molar-refractivity contribution < 1.29 is 23.1 Å². The number of aromatic nitrogens is 2. The molecule has 2 aromatic carbocycles. The number of aliphatic hydroxyl groups is 1. The van der Waals surface area contributed by atoms with Crippen molar-refractivity contribution in [3.05, 3.63) is 78.4 Å². The molecule has 32 heavy (non-hydrogen) atoms. The number of aryl methyl sites for hydroxylation is 1. The summed E-state index contributed by atoms with van der Waals surface area (Å²) in [7, 11) is -1.86. The first kappa shape index (κ1) is 22.0. The Bertz CT molecular complexity index is 1180. The molecule has 0 spiro atoms. The molecule has 10 heteroatoms. The molecule has 2 N–H and O–H groups in total. The maximum Gasteiger partial charge on any atom is 0.261 e. The molecule has 3 aromatic rings. The van der Waals surface area contributed by atoms with Crippen LogP contribution in [0.25, 0.3) is 0 Å². The van der Waals surface area contributed by atoms with Crippen molar-refractivity contribution in [2.24, 2.45) is 7.05 Å². The maximum atomic E-state index is 12.5. The Kier molecular flexibility index (Phi) is 6.26. The van der Waals surface area contributed by atoms with E-state index in [4.69, 9.17) is 4.74 Å². The lowest BCUT2D eigenvalue weighted by molar-refractivity contribution is -0.162. The minimum absolute atomic E-state index is 0.117. The molecule has 1 saturated heterocycles. The zero-order chi connectivity index (χ0) is 22.7. The highest BCUT2D eigenvalue weighted by atomic mass is 32.2. The van der Waals surface area contributed by atoms with Crippen LogP contribution in [0.5, 0.6) is 0 Å². The van der Waals surface area contributed by atoms with Gasteiger partial charge < -0.3 is 19.3 Å². The zero-order valence-corrected chi connectivity index (χ0v) is 18.3. The van der Waals surface area contributed by atoms with Gasteiger partial charge in [-0.3, -0.25) is 9.52 Å². The van der Waals surface area contributed by atoms with Gasteiger partial charge >= 0.3 is 0 Å². The lowest BCUT2D eigenvalue weighted by atomic mass is 9.99. The monoisotopic (exact) mass is 456 g/mol. The van der Waals surface area contributed by atoms with Gasteiger partial charge in [-0.2, -0.15) is 0 Å². The third kappa shape index (κ3) is 4.52. The van der Waals surface area contributed by atoms with Gasteiger partial charge in [0.2, 0.25) is 5.91 Å². The fourth-order valence-electron chi connectivity index (χ4n) is 3.68. The van der Waals surface area contributed by atoms with Gasteiger partial charge in [0.1, 0.15) is 18.5 Å². The number of hydrogen-bond donors (Lipinski definition) is 2. The number of carbonyl (C=O) groups is 1. The number of benzene rings is 2. The third-order valence-corrected chi connectivity index (χ3v) is 6.82. The Hall–Kier alpha value is -3.21. The van der Waals surface area contributed by atoms with Crippen LogP contribution < -0.4 is 4.72 Å². The number of imidazole rings is 1. The summed E-state index contributed by atoms with van der Waals surface area (Å²) in [4.78, 5) is 18.5. The van der Waals surface area contributed by atoms with Gasteiger partial charge in [-0.25, -0.2) is 13.4 Å². The highest BCUT2D eigenvalue weighted by Crippen LogP contribution is 2.31. The van der Waals surface area contributed by atoms with Gasteiger partial charge in [0.05, 0.1) is 24.1 Å². The van der Waals surface area contributed by atoms with E-state index in [0.717, 1.165) is 5.56 Å². The van der Waals surface area contributed by atoms with E-state index in [9.17, 15) is 18.3 Å². The van der Waals surface area contributed by atoms with Crippen LogP contribution in [0.3, 0.4) is 0 Å². The number of amides is 1. The zero-order valence-electron chi connectivity index (χ0n) is 17.5. The number of nitrogens with one attached hydrogen (secondary N) is 1. The van der Waals surface area contributed by atoms with Gasteiger partial charge in [0.15, 0.2) is 0 Å². The maximum absolute atomic E-state index is 12.5. The number of nitrogens with zero attached hydrogens (tertiary/aromatic N) is 3. The summed E-state index contributed by atoms with van der Waals surface area (Å²) in [6.45, 7) is -0.153. The van der Waals surface area contributed by atoms with Gasteiger partial charge in [0.25, 0.3) is 10.0 Å². The van der Waals surface area contributed by atoms with Crippen molar-refractivity contribution in [3.63, 3.8) is 0 Å². The fourth-order valence-corrected chi connectivity index (χ4v) is 4.76. The molecule has 2 heterocycles. The topological polar surface area (TPSA) is 114 Å². The molecular weight excluding hydrogens is 432 g/mol. The lowest BCUT2D eigenvalue weighted by Gasteiger charge is -2.40. The van der Waals surface area contributed by atoms with E-state index >= 15 is 0 Å². The van der Waals surface area contributed by atoms with Crippen LogP contribution in [0.4, 0.5) is 5.69 Å². The van der Waals surface area contributed by atoms with Gasteiger partial charge in [-0.15, -0.1) is 0 Å². The Balaban J connectivity index is 1.52. The van der Waals surface area contributed by atoms with Crippen molar-refractivity contribution in [1.82, 2.24) is 14.5 Å². The summed E-state index contributed by atoms with van der Waals surface area (Å²) in [5.74, 6) is 0.471. The summed E-state index contributed by atoms with van der Waals surface area (Å²) in [5.41, 5.74) is 1.12. The molecule has 1 aliphatic heterocycles. The molecular formula is C22H24N4O5S. The number of aliphatic hydroxyl groups excluding tert-OH is 1. The summed E-state index contributed by atoms with van der Waals surface area (Å²) < 4.78 is 35.2. The first-order chi connectivity index (χ1) is 15.4. The largest absolute Gasteiger partial charge is 0.394 e. The van der Waals surface area contributed by atoms with Crippen molar-refractivity contribution in [2.45, 2.75) is 23.6 Å². The number of anilines is 1. The summed E-state index contributed by atoms with van der Waals surface area (Å²) in [5, 5.41) is 10.0. The normalized spacial score (nSPS) is 19.2. The predicted molar refractivity (Wildman–Crippen MR) is 117 cm³/mol. The van der Waals surface area contributed by atoms with E-state index < -0.39 is 22.2 Å². The average Bonchev–Trinajstić information content (AvgIpc) is 3.20. The molecule has 0 aliphatic carbocycles. The number of sulfonamides is 1. The molecule has 2 unspecified atom stereocenters. The Morgan fingerprint density at radius 3 is 2.50 bits per heavy atom. The summed E-state index contributed by atoms with van der Waals surface area (Å²) in [6.07, 6.45) is 2.89. The fraction of sp³-hybridized carbons (Fsp3) is 0.273. The predicted octanol–water partition coefficient (Wildman–Crippen LogP) is 1.68. The number of hydrogen-bond acceptors (Lipinski definition) is 6. The van der Waals surface area contributed by atoms with Gasteiger partial charge in [-0.1, -0.05) is 30.3 Å². The van der Waals surface area contributed by atoms with E-state index in [0.29, 0.717) is 11.5 Å². The SMILES string of the molecule is Cn1ccnc1CN1C(=O)COC(c2ccc(NS(=O)(=O)c3ccccc3)cc2)C1CO. The minimum Gasteiger partial charge on any atom is -0.394 e. The molecule has 1 fully saturated rings. The molecule has 168 valence electrons. The summed E-state index contributed by atoms with van der Waals surface area (Å²) in [6, 6.07) is 14.2. The molecule has 0 radical (unpaired) electrons. The second kappa shape index (κ2) is 9.11. The number of carbonyl (C=O) groups excluding carboxylic acids is 1. The molecule has 0 saturated carbocycles. The van der Waals surface area contributed by atoms with Crippen LogP contribution in [0.15, 0.2) is 71.9 Å². The van der Waals surface area contributed by atoms with E-state index in [1.165, 1.54) is 12.1 Å². The van der Waals surface area contributed by atoms with Crippen LogP contribution in [-0.4, -0.2) is 53.1 Å². The Labute approximate surface area is 186 Å². The quantitative estimate of drug-likeness (QED) is 0.559. The van der Waals surface area contributed by atoms with Gasteiger partial charge in [-0.05, 0) is 29.8 Å². The van der Waals surface area contributed by atoms with Crippen molar-refractivity contribution in [2.75, 3.05) is 17.9 Å². The molecule has 1 aromatic heterocycles. The van der Waals surface area contributed by atoms with Crippen molar-refractivity contribution in [1.29, 1.82) is 0 Å². The molecule has 2 atom stereocenters. The van der Waals surface area contributed by atoms with Crippen LogP contribution >= 0.6 is 0 Å². The Morgan fingerprint density at radius 2 is 1.88 bits per heavy atom. The van der Waals surface area contributed by atoms with Crippen LogP contribution in [0, 0.1) is 0 Å². The number of ether oxygens (including phenoxy) is 1. The molecule has 9 nitrogen and oxygen atoms in total. The molecule has 0 bridgehead atoms. The standard InChI is InChI=1S/C22H24N4O5S/c1-25-12-11-23-20(25)13-26-19(14-27)22(31-15-21(26)28)16-7-9-17(10-8-16)24-32(29,30)18-5-3-2-4-6-18/h2-12,19,22,24,27H,13-15H2,1H3.